The first-order chi connectivity index (χ1) is 8.10. The summed E-state index contributed by atoms with van der Waals surface area (Å²) in [6.07, 6.45) is 0.0404. The van der Waals surface area contributed by atoms with Crippen molar-refractivity contribution in [3.63, 3.8) is 0 Å². The van der Waals surface area contributed by atoms with Gasteiger partial charge in [-0.1, -0.05) is 18.1 Å². The minimum absolute atomic E-state index is 0.0404. The van der Waals surface area contributed by atoms with Crippen LogP contribution in [0.5, 0.6) is 0 Å². The summed E-state index contributed by atoms with van der Waals surface area (Å²) in [6.45, 7) is 3.95. The van der Waals surface area contributed by atoms with Crippen LogP contribution in [-0.4, -0.2) is 21.2 Å². The van der Waals surface area contributed by atoms with Crippen molar-refractivity contribution in [2.75, 3.05) is 26.1 Å². The summed E-state index contributed by atoms with van der Waals surface area (Å²) in [5, 5.41) is 0. The van der Waals surface area contributed by atoms with Crippen LogP contribution in [0.1, 0.15) is 25.5 Å². The lowest BCUT2D eigenvalue weighted by atomic mass is 9.97. The molecule has 17 heavy (non-hydrogen) atoms. The number of rotatable bonds is 4. The molecule has 0 N–H and O–H groups in total. The molecule has 0 saturated heterocycles. The summed E-state index contributed by atoms with van der Waals surface area (Å²) in [5.74, 6) is 6.29. The molecule has 1 aromatic carbocycles. The van der Waals surface area contributed by atoms with E-state index in [1.54, 1.807) is 7.11 Å². The molecule has 2 atom stereocenters. The van der Waals surface area contributed by atoms with Gasteiger partial charge < -0.3 is 9.64 Å². The zero-order valence-electron chi connectivity index (χ0n) is 11.3. The lowest BCUT2D eigenvalue weighted by Crippen LogP contribution is -2.12. The topological polar surface area (TPSA) is 12.5 Å². The van der Waals surface area contributed by atoms with Crippen molar-refractivity contribution in [3.05, 3.63) is 29.8 Å². The lowest BCUT2D eigenvalue weighted by Gasteiger charge is -2.20. The van der Waals surface area contributed by atoms with Gasteiger partial charge in [-0.3, -0.25) is 0 Å². The largest absolute Gasteiger partial charge is 0.378 e. The molecule has 0 amide bonds. The van der Waals surface area contributed by atoms with E-state index in [0.29, 0.717) is 0 Å². The summed E-state index contributed by atoms with van der Waals surface area (Å²) < 4.78 is 5.53. The molecule has 2 heteroatoms. The Hall–Kier alpha value is -1.46. The Labute approximate surface area is 105 Å². The van der Waals surface area contributed by atoms with Gasteiger partial charge in [0, 0.05) is 32.8 Å². The lowest BCUT2D eigenvalue weighted by molar-refractivity contribution is 0.0771. The van der Waals surface area contributed by atoms with Crippen molar-refractivity contribution >= 4 is 5.69 Å². The molecular weight excluding hydrogens is 210 g/mol. The maximum absolute atomic E-state index is 5.53. The molecule has 2 nitrogen and oxygen atoms in total. The van der Waals surface area contributed by atoms with Crippen molar-refractivity contribution in [3.8, 4) is 11.8 Å². The highest BCUT2D eigenvalue weighted by Crippen LogP contribution is 2.26. The van der Waals surface area contributed by atoms with E-state index in [2.05, 4.69) is 47.9 Å². The number of anilines is 1. The average Bonchev–Trinajstić information content (AvgIpc) is 2.31. The van der Waals surface area contributed by atoms with Crippen LogP contribution < -0.4 is 4.90 Å². The van der Waals surface area contributed by atoms with Crippen LogP contribution in [-0.2, 0) is 4.74 Å². The molecule has 0 radical (unpaired) electrons. The molecule has 0 bridgehead atoms. The van der Waals surface area contributed by atoms with Gasteiger partial charge in [-0.25, -0.2) is 0 Å². The highest BCUT2D eigenvalue weighted by Gasteiger charge is 2.16. The van der Waals surface area contributed by atoms with Crippen molar-refractivity contribution in [1.82, 2.24) is 0 Å². The number of hydrogen-bond acceptors (Lipinski definition) is 2. The molecule has 0 aliphatic heterocycles. The van der Waals surface area contributed by atoms with Gasteiger partial charge in [0.1, 0.15) is 0 Å². The van der Waals surface area contributed by atoms with E-state index in [-0.39, 0.29) is 12.0 Å². The Morgan fingerprint density at radius 2 is 1.76 bits per heavy atom. The van der Waals surface area contributed by atoms with Crippen LogP contribution in [0, 0.1) is 17.8 Å². The van der Waals surface area contributed by atoms with Gasteiger partial charge >= 0.3 is 0 Å². The first-order valence-corrected chi connectivity index (χ1v) is 5.82. The summed E-state index contributed by atoms with van der Waals surface area (Å²) in [6, 6.07) is 8.43. The van der Waals surface area contributed by atoms with Crippen LogP contribution >= 0.6 is 0 Å². The SMILES string of the molecule is CC#C[C@@H](C)C(OC)c1ccc(N(C)C)cc1. The maximum Gasteiger partial charge on any atom is 0.0955 e. The van der Waals surface area contributed by atoms with Crippen LogP contribution in [0.2, 0.25) is 0 Å². The zero-order valence-corrected chi connectivity index (χ0v) is 11.3. The zero-order chi connectivity index (χ0) is 12.8. The van der Waals surface area contributed by atoms with Gasteiger partial charge in [0.05, 0.1) is 6.10 Å². The van der Waals surface area contributed by atoms with Gasteiger partial charge in [0.15, 0.2) is 0 Å². The highest BCUT2D eigenvalue weighted by atomic mass is 16.5. The fraction of sp³-hybridized carbons (Fsp3) is 0.467. The third-order valence-corrected chi connectivity index (χ3v) is 2.82. The van der Waals surface area contributed by atoms with E-state index in [0.717, 1.165) is 0 Å². The molecule has 0 fully saturated rings. The Morgan fingerprint density at radius 3 is 2.18 bits per heavy atom. The Bertz CT molecular complexity index is 397. The average molecular weight is 231 g/mol. The Kier molecular flexibility index (Phi) is 5.06. The molecule has 1 aromatic rings. The molecule has 0 aliphatic rings. The van der Waals surface area contributed by atoms with Crippen LogP contribution in [0.15, 0.2) is 24.3 Å². The van der Waals surface area contributed by atoms with Crippen molar-refractivity contribution in [1.29, 1.82) is 0 Å². The van der Waals surface area contributed by atoms with Gasteiger partial charge in [-0.05, 0) is 31.5 Å². The molecule has 1 rings (SSSR count). The number of hydrogen-bond donors (Lipinski definition) is 0. The van der Waals surface area contributed by atoms with Crippen LogP contribution in [0.4, 0.5) is 5.69 Å². The molecule has 92 valence electrons. The summed E-state index contributed by atoms with van der Waals surface area (Å²) in [4.78, 5) is 2.08. The second-order valence-corrected chi connectivity index (χ2v) is 4.33. The molecule has 1 unspecified atom stereocenters. The predicted molar refractivity (Wildman–Crippen MR) is 73.1 cm³/mol. The minimum Gasteiger partial charge on any atom is -0.378 e. The smallest absolute Gasteiger partial charge is 0.0955 e. The quantitative estimate of drug-likeness (QED) is 0.738. The highest BCUT2D eigenvalue weighted by molar-refractivity contribution is 5.46. The normalized spacial score (nSPS) is 13.5. The Morgan fingerprint density at radius 1 is 1.18 bits per heavy atom. The van der Waals surface area contributed by atoms with Gasteiger partial charge in [-0.2, -0.15) is 0 Å². The van der Waals surface area contributed by atoms with E-state index in [4.69, 9.17) is 4.74 Å². The molecule has 0 aromatic heterocycles. The molecule has 0 aliphatic carbocycles. The monoisotopic (exact) mass is 231 g/mol. The van der Waals surface area contributed by atoms with Crippen molar-refractivity contribution < 1.29 is 4.74 Å². The van der Waals surface area contributed by atoms with E-state index in [1.807, 2.05) is 21.0 Å². The van der Waals surface area contributed by atoms with Gasteiger partial charge in [0.25, 0.3) is 0 Å². The predicted octanol–water partition coefficient (Wildman–Crippen LogP) is 3.10. The molecule has 0 spiro atoms. The van der Waals surface area contributed by atoms with Gasteiger partial charge in [-0.15, -0.1) is 5.92 Å². The first kappa shape index (κ1) is 13.6. The number of methoxy groups -OCH3 is 1. The fourth-order valence-electron chi connectivity index (χ4n) is 1.89. The minimum atomic E-state index is 0.0404. The maximum atomic E-state index is 5.53. The standard InChI is InChI=1S/C15H21NO/c1-6-7-12(2)15(17-5)13-8-10-14(11-9-13)16(3)4/h8-12,15H,1-5H3/t12-,15?/m1/s1. The number of nitrogens with zero attached hydrogens (tertiary/aromatic N) is 1. The Balaban J connectivity index is 2.92. The second-order valence-electron chi connectivity index (χ2n) is 4.33. The summed E-state index contributed by atoms with van der Waals surface area (Å²) in [7, 11) is 5.81. The van der Waals surface area contributed by atoms with Crippen LogP contribution in [0.3, 0.4) is 0 Å². The second kappa shape index (κ2) is 6.32. The third kappa shape index (κ3) is 3.51. The molecule has 0 heterocycles. The van der Waals surface area contributed by atoms with Crippen molar-refractivity contribution in [2.24, 2.45) is 5.92 Å². The summed E-state index contributed by atoms with van der Waals surface area (Å²) >= 11 is 0. The van der Waals surface area contributed by atoms with E-state index >= 15 is 0 Å². The molecular formula is C15H21NO. The van der Waals surface area contributed by atoms with Crippen LogP contribution in [0.25, 0.3) is 0 Å². The number of benzene rings is 1. The third-order valence-electron chi connectivity index (χ3n) is 2.82. The molecule has 0 saturated carbocycles. The van der Waals surface area contributed by atoms with E-state index in [1.165, 1.54) is 11.3 Å². The van der Waals surface area contributed by atoms with E-state index in [9.17, 15) is 0 Å². The fourth-order valence-corrected chi connectivity index (χ4v) is 1.89. The van der Waals surface area contributed by atoms with E-state index < -0.39 is 0 Å². The van der Waals surface area contributed by atoms with Gasteiger partial charge in [0.2, 0.25) is 0 Å². The summed E-state index contributed by atoms with van der Waals surface area (Å²) in [5.41, 5.74) is 2.37. The number of ether oxygens (including phenoxy) is 1. The first-order valence-electron chi connectivity index (χ1n) is 5.82. The van der Waals surface area contributed by atoms with Crippen molar-refractivity contribution in [2.45, 2.75) is 20.0 Å².